The average Bonchev–Trinajstić information content (AvgIpc) is 2.29. The molecule has 6 nitrogen and oxygen atoms in total. The highest BCUT2D eigenvalue weighted by molar-refractivity contribution is 7.21. The zero-order valence-corrected chi connectivity index (χ0v) is 7.79. The minimum absolute atomic E-state index is 0. The number of nitrogens with two attached hydrogens (primary N) is 1. The van der Waals surface area contributed by atoms with Gasteiger partial charge in [0.2, 0.25) is 0 Å². The summed E-state index contributed by atoms with van der Waals surface area (Å²) in [6, 6.07) is 0. The van der Waals surface area contributed by atoms with Crippen LogP contribution in [0.4, 0.5) is 5.13 Å². The largest absolute Gasteiger partial charge is 0.375 e. The maximum atomic E-state index is 11.1. The Balaban J connectivity index is 0.000000845. The van der Waals surface area contributed by atoms with E-state index in [9.17, 15) is 9.59 Å². The monoisotopic (exact) mass is 220 g/mol. The van der Waals surface area contributed by atoms with E-state index < -0.39 is 11.2 Å². The van der Waals surface area contributed by atoms with Gasteiger partial charge in [-0.2, -0.15) is 0 Å². The van der Waals surface area contributed by atoms with Gasteiger partial charge in [-0.05, 0) is 0 Å². The third-order valence-electron chi connectivity index (χ3n) is 1.31. The van der Waals surface area contributed by atoms with Gasteiger partial charge in [0.25, 0.3) is 5.56 Å². The Hall–Kier alpha value is -1.34. The van der Waals surface area contributed by atoms with E-state index in [0.29, 0.717) is 4.70 Å². The predicted molar refractivity (Wildman–Crippen MR) is 52.5 cm³/mol. The Morgan fingerprint density at radius 2 is 2.00 bits per heavy atom. The van der Waals surface area contributed by atoms with Crippen molar-refractivity contribution in [3.8, 4) is 0 Å². The van der Waals surface area contributed by atoms with E-state index in [0.717, 1.165) is 11.3 Å². The highest BCUT2D eigenvalue weighted by Crippen LogP contribution is 2.16. The summed E-state index contributed by atoms with van der Waals surface area (Å²) in [6.07, 6.45) is 0. The van der Waals surface area contributed by atoms with E-state index in [1.807, 2.05) is 0 Å². The van der Waals surface area contributed by atoms with Crippen LogP contribution in [0.1, 0.15) is 0 Å². The van der Waals surface area contributed by atoms with E-state index in [-0.39, 0.29) is 23.2 Å². The topological polar surface area (TPSA) is 105 Å². The number of hydrogen-bond acceptors (Lipinski definition) is 5. The number of H-pyrrole nitrogens is 2. The van der Waals surface area contributed by atoms with Crippen molar-refractivity contribution in [2.75, 3.05) is 5.73 Å². The summed E-state index contributed by atoms with van der Waals surface area (Å²) in [5.41, 5.74) is 4.56. The molecule has 2 heterocycles. The molecule has 8 heteroatoms. The summed E-state index contributed by atoms with van der Waals surface area (Å²) in [5.74, 6) is 0. The van der Waals surface area contributed by atoms with Crippen LogP contribution in [0, 0.1) is 0 Å². The molecule has 0 atom stereocenters. The Labute approximate surface area is 81.2 Å². The fourth-order valence-corrected chi connectivity index (χ4v) is 1.56. The first-order valence-electron chi connectivity index (χ1n) is 3.05. The maximum Gasteiger partial charge on any atom is 0.327 e. The lowest BCUT2D eigenvalue weighted by molar-refractivity contribution is 1.07. The second kappa shape index (κ2) is 3.19. The molecule has 0 aliphatic carbocycles. The van der Waals surface area contributed by atoms with Crippen molar-refractivity contribution < 1.29 is 0 Å². The highest BCUT2D eigenvalue weighted by atomic mass is 35.5. The number of anilines is 1. The molecule has 0 spiro atoms. The minimum atomic E-state index is -0.571. The summed E-state index contributed by atoms with van der Waals surface area (Å²) in [4.78, 5) is 30.0. The molecule has 0 aliphatic rings. The number of fused-ring (bicyclic) bond motifs is 1. The molecule has 2 rings (SSSR count). The third-order valence-corrected chi connectivity index (χ3v) is 2.19. The first-order valence-corrected chi connectivity index (χ1v) is 3.87. The van der Waals surface area contributed by atoms with Gasteiger partial charge < -0.3 is 5.73 Å². The molecule has 0 aromatic carbocycles. The van der Waals surface area contributed by atoms with Crippen LogP contribution in [0.15, 0.2) is 9.59 Å². The smallest absolute Gasteiger partial charge is 0.327 e. The molecule has 13 heavy (non-hydrogen) atoms. The van der Waals surface area contributed by atoms with E-state index in [1.54, 1.807) is 0 Å². The van der Waals surface area contributed by atoms with Crippen molar-refractivity contribution in [1.82, 2.24) is 15.0 Å². The molecule has 0 fully saturated rings. The van der Waals surface area contributed by atoms with E-state index >= 15 is 0 Å². The summed E-state index contributed by atoms with van der Waals surface area (Å²) < 4.78 is 0.340. The van der Waals surface area contributed by atoms with Crippen molar-refractivity contribution in [2.45, 2.75) is 0 Å². The Kier molecular flexibility index (Phi) is 2.39. The second-order valence-corrected chi connectivity index (χ2v) is 3.17. The summed E-state index contributed by atoms with van der Waals surface area (Å²) >= 11 is 1.04. The molecule has 2 aromatic rings. The number of aromatic amines is 2. The number of nitrogens with zero attached hydrogens (tertiary/aromatic N) is 1. The number of halogens is 1. The lowest BCUT2D eigenvalue weighted by Crippen LogP contribution is -2.20. The first-order chi connectivity index (χ1) is 5.66. The van der Waals surface area contributed by atoms with Crippen LogP contribution >= 0.6 is 23.7 Å². The fourth-order valence-electron chi connectivity index (χ4n) is 0.874. The molecular weight excluding hydrogens is 216 g/mol. The number of nitrogen functional groups attached to an aromatic ring is 1. The third kappa shape index (κ3) is 1.56. The Morgan fingerprint density at radius 3 is 2.69 bits per heavy atom. The van der Waals surface area contributed by atoms with E-state index in [1.165, 1.54) is 0 Å². The lowest BCUT2D eigenvalue weighted by Gasteiger charge is -1.82. The van der Waals surface area contributed by atoms with Crippen molar-refractivity contribution in [2.24, 2.45) is 0 Å². The summed E-state index contributed by atoms with van der Waals surface area (Å²) in [7, 11) is 0. The second-order valence-electron chi connectivity index (χ2n) is 2.14. The zero-order valence-electron chi connectivity index (χ0n) is 6.16. The summed E-state index contributed by atoms with van der Waals surface area (Å²) in [6.45, 7) is 0. The van der Waals surface area contributed by atoms with Crippen LogP contribution in [-0.4, -0.2) is 15.0 Å². The number of rotatable bonds is 0. The lowest BCUT2D eigenvalue weighted by atomic mass is 10.6. The van der Waals surface area contributed by atoms with Gasteiger partial charge in [0.05, 0.1) is 0 Å². The minimum Gasteiger partial charge on any atom is -0.375 e. The van der Waals surface area contributed by atoms with Gasteiger partial charge in [-0.1, -0.05) is 11.3 Å². The molecule has 2 aromatic heterocycles. The molecular formula is C5H5ClN4O2S. The van der Waals surface area contributed by atoms with Gasteiger partial charge in [0.15, 0.2) is 10.8 Å². The predicted octanol–water partition coefficient (Wildman–Crippen LogP) is -0.323. The highest BCUT2D eigenvalue weighted by Gasteiger charge is 2.05. The van der Waals surface area contributed by atoms with Crippen LogP contribution in [0.5, 0.6) is 0 Å². The molecule has 0 radical (unpaired) electrons. The quantitative estimate of drug-likeness (QED) is 0.566. The van der Waals surface area contributed by atoms with Crippen molar-refractivity contribution in [3.63, 3.8) is 0 Å². The van der Waals surface area contributed by atoms with Gasteiger partial charge in [-0.25, -0.2) is 9.78 Å². The SMILES string of the molecule is Cl.Nc1nc2[nH]c(=O)[nH]c(=O)c2s1. The van der Waals surface area contributed by atoms with Gasteiger partial charge in [-0.3, -0.25) is 14.8 Å². The Bertz CT molecular complexity index is 541. The molecule has 4 N–H and O–H groups in total. The average molecular weight is 221 g/mol. The number of nitrogens with one attached hydrogen (secondary N) is 2. The number of hydrogen-bond donors (Lipinski definition) is 3. The van der Waals surface area contributed by atoms with Crippen LogP contribution in [0.2, 0.25) is 0 Å². The molecule has 70 valence electrons. The zero-order chi connectivity index (χ0) is 8.72. The van der Waals surface area contributed by atoms with E-state index in [2.05, 4.69) is 15.0 Å². The van der Waals surface area contributed by atoms with Crippen LogP contribution in [-0.2, 0) is 0 Å². The van der Waals surface area contributed by atoms with Crippen molar-refractivity contribution >= 4 is 39.2 Å². The van der Waals surface area contributed by atoms with Gasteiger partial charge in [-0.15, -0.1) is 12.4 Å². The molecule has 0 amide bonds. The van der Waals surface area contributed by atoms with Gasteiger partial charge in [0.1, 0.15) is 4.70 Å². The van der Waals surface area contributed by atoms with Crippen LogP contribution < -0.4 is 17.0 Å². The van der Waals surface area contributed by atoms with Crippen molar-refractivity contribution in [3.05, 3.63) is 20.8 Å². The molecule has 0 unspecified atom stereocenters. The fraction of sp³-hybridized carbons (Fsp3) is 0. The molecule has 0 bridgehead atoms. The van der Waals surface area contributed by atoms with Gasteiger partial charge in [0, 0.05) is 0 Å². The number of thiazole rings is 1. The Morgan fingerprint density at radius 1 is 1.31 bits per heavy atom. The normalized spacial score (nSPS) is 9.85. The maximum absolute atomic E-state index is 11.1. The van der Waals surface area contributed by atoms with Crippen LogP contribution in [0.3, 0.4) is 0 Å². The number of aromatic nitrogens is 3. The standard InChI is InChI=1S/C5H4N4O2S.ClH/c6-4-7-2-1(12-4)3(10)9-5(11)8-2;/h(H4,6,7,8,9,10,11);1H. The van der Waals surface area contributed by atoms with Crippen LogP contribution in [0.25, 0.3) is 10.3 Å². The molecule has 0 saturated heterocycles. The van der Waals surface area contributed by atoms with Crippen molar-refractivity contribution in [1.29, 1.82) is 0 Å². The first kappa shape index (κ1) is 9.75. The summed E-state index contributed by atoms with van der Waals surface area (Å²) in [5, 5.41) is 0.261. The molecule has 0 aliphatic heterocycles. The van der Waals surface area contributed by atoms with E-state index in [4.69, 9.17) is 5.73 Å². The van der Waals surface area contributed by atoms with Gasteiger partial charge >= 0.3 is 5.69 Å². The molecule has 0 saturated carbocycles.